The molecule has 1 aromatic carbocycles. The van der Waals surface area contributed by atoms with E-state index in [0.717, 1.165) is 11.3 Å². The highest BCUT2D eigenvalue weighted by Crippen LogP contribution is 2.14. The van der Waals surface area contributed by atoms with Crippen molar-refractivity contribution in [3.05, 3.63) is 47.5 Å². The van der Waals surface area contributed by atoms with Gasteiger partial charge in [-0.25, -0.2) is 0 Å². The summed E-state index contributed by atoms with van der Waals surface area (Å²) in [6.45, 7) is 0. The van der Waals surface area contributed by atoms with Crippen molar-refractivity contribution in [3.8, 4) is 11.6 Å². The number of H-pyrrole nitrogens is 1. The predicted molar refractivity (Wildman–Crippen MR) is 92.2 cm³/mol. The smallest absolute Gasteiger partial charge is 0.254 e. The minimum Gasteiger partial charge on any atom is -0.497 e. The van der Waals surface area contributed by atoms with Crippen molar-refractivity contribution in [2.45, 2.75) is 19.3 Å². The van der Waals surface area contributed by atoms with E-state index in [2.05, 4.69) is 25.7 Å². The van der Waals surface area contributed by atoms with Gasteiger partial charge in [-0.3, -0.25) is 15.2 Å². The molecule has 3 rings (SSSR count). The third kappa shape index (κ3) is 4.59. The molecule has 0 fully saturated rings. The van der Waals surface area contributed by atoms with Gasteiger partial charge in [0.15, 0.2) is 0 Å². The molecule has 26 heavy (non-hydrogen) atoms. The van der Waals surface area contributed by atoms with Gasteiger partial charge < -0.3 is 14.0 Å². The zero-order valence-corrected chi connectivity index (χ0v) is 14.5. The van der Waals surface area contributed by atoms with Crippen LogP contribution in [-0.4, -0.2) is 40.5 Å². The quantitative estimate of drug-likeness (QED) is 0.633. The maximum absolute atomic E-state index is 12.0. The molecule has 0 aliphatic rings. The Morgan fingerprint density at radius 3 is 2.73 bits per heavy atom. The molecule has 9 heteroatoms. The summed E-state index contributed by atoms with van der Waals surface area (Å²) in [5.41, 5.74) is 1.05. The first kappa shape index (κ1) is 17.5. The number of nitrogens with zero attached hydrogens (tertiary/aromatic N) is 3. The van der Waals surface area contributed by atoms with Gasteiger partial charge in [0.1, 0.15) is 17.3 Å². The molecule has 1 amide bonds. The molecule has 9 nitrogen and oxygen atoms in total. The highest BCUT2D eigenvalue weighted by molar-refractivity contribution is 5.88. The molecule has 0 bridgehead atoms. The molecule has 136 valence electrons. The molecule has 2 aromatic heterocycles. The molecule has 0 aliphatic heterocycles. The maximum atomic E-state index is 12.0. The van der Waals surface area contributed by atoms with Crippen LogP contribution in [0.4, 0.5) is 5.95 Å². The van der Waals surface area contributed by atoms with Crippen LogP contribution in [-0.2, 0) is 17.6 Å². The van der Waals surface area contributed by atoms with E-state index in [4.69, 9.17) is 14.0 Å². The summed E-state index contributed by atoms with van der Waals surface area (Å²) in [6, 6.07) is 9.31. The van der Waals surface area contributed by atoms with Crippen LogP contribution in [0.2, 0.25) is 0 Å². The highest BCUT2D eigenvalue weighted by Gasteiger charge is 2.11. The topological polar surface area (TPSA) is 115 Å². The van der Waals surface area contributed by atoms with Crippen LogP contribution in [0.1, 0.15) is 23.6 Å². The van der Waals surface area contributed by atoms with E-state index in [-0.39, 0.29) is 18.3 Å². The molecule has 0 saturated carbocycles. The molecule has 0 radical (unpaired) electrons. The fraction of sp³-hybridized carbons (Fsp3) is 0.294. The van der Waals surface area contributed by atoms with Crippen LogP contribution >= 0.6 is 0 Å². The number of amides is 1. The fourth-order valence-electron chi connectivity index (χ4n) is 2.30. The number of aryl methyl sites for hydroxylation is 1. The average Bonchev–Trinajstić information content (AvgIpc) is 3.30. The molecule has 0 aliphatic carbocycles. The Morgan fingerprint density at radius 2 is 2.04 bits per heavy atom. The van der Waals surface area contributed by atoms with Crippen molar-refractivity contribution < 1.29 is 18.8 Å². The summed E-state index contributed by atoms with van der Waals surface area (Å²) >= 11 is 0. The van der Waals surface area contributed by atoms with E-state index in [1.54, 1.807) is 13.2 Å². The molecule has 2 N–H and O–H groups in total. The van der Waals surface area contributed by atoms with Gasteiger partial charge in [-0.2, -0.15) is 4.98 Å². The van der Waals surface area contributed by atoms with Crippen LogP contribution in [0.5, 0.6) is 11.6 Å². The lowest BCUT2D eigenvalue weighted by Crippen LogP contribution is -2.13. The minimum atomic E-state index is -0.213. The summed E-state index contributed by atoms with van der Waals surface area (Å²) in [5, 5.41) is 13.2. The molecule has 0 saturated heterocycles. The van der Waals surface area contributed by atoms with Crippen molar-refractivity contribution in [1.29, 1.82) is 0 Å². The summed E-state index contributed by atoms with van der Waals surface area (Å²) in [5.74, 6) is 2.45. The lowest BCUT2D eigenvalue weighted by atomic mass is 10.1. The molecule has 0 spiro atoms. The van der Waals surface area contributed by atoms with E-state index in [1.807, 2.05) is 24.3 Å². The SMILES string of the molecule is COc1ccc(Cc2nc(NC(=O)CCc3cc(OC)no3)n[nH]2)cc1. The number of ether oxygens (including phenoxy) is 2. The first-order valence-electron chi connectivity index (χ1n) is 8.00. The number of rotatable bonds is 8. The number of hydrogen-bond acceptors (Lipinski definition) is 7. The number of anilines is 1. The summed E-state index contributed by atoms with van der Waals surface area (Å²) < 4.78 is 15.1. The maximum Gasteiger partial charge on any atom is 0.254 e. The third-order valence-electron chi connectivity index (χ3n) is 3.66. The van der Waals surface area contributed by atoms with Gasteiger partial charge in [0.25, 0.3) is 5.88 Å². The second kappa shape index (κ2) is 8.15. The van der Waals surface area contributed by atoms with E-state index in [9.17, 15) is 4.79 Å². The normalized spacial score (nSPS) is 10.5. The molecule has 3 aromatic rings. The van der Waals surface area contributed by atoms with Gasteiger partial charge in [-0.1, -0.05) is 12.1 Å². The van der Waals surface area contributed by atoms with E-state index < -0.39 is 0 Å². The average molecular weight is 357 g/mol. The fourth-order valence-corrected chi connectivity index (χ4v) is 2.30. The Kier molecular flexibility index (Phi) is 5.47. The van der Waals surface area contributed by atoms with Gasteiger partial charge >= 0.3 is 0 Å². The number of hydrogen-bond donors (Lipinski definition) is 2. The van der Waals surface area contributed by atoms with Crippen molar-refractivity contribution in [3.63, 3.8) is 0 Å². The van der Waals surface area contributed by atoms with Crippen molar-refractivity contribution in [2.24, 2.45) is 0 Å². The van der Waals surface area contributed by atoms with E-state index >= 15 is 0 Å². The third-order valence-corrected chi connectivity index (χ3v) is 3.66. The van der Waals surface area contributed by atoms with Crippen LogP contribution in [0.3, 0.4) is 0 Å². The van der Waals surface area contributed by atoms with Crippen LogP contribution in [0.15, 0.2) is 34.9 Å². The van der Waals surface area contributed by atoms with Gasteiger partial charge in [0.2, 0.25) is 11.9 Å². The lowest BCUT2D eigenvalue weighted by molar-refractivity contribution is -0.116. The van der Waals surface area contributed by atoms with Gasteiger partial charge in [0, 0.05) is 25.3 Å². The Labute approximate surface area is 149 Å². The monoisotopic (exact) mass is 357 g/mol. The lowest BCUT2D eigenvalue weighted by Gasteiger charge is -2.01. The van der Waals surface area contributed by atoms with Crippen LogP contribution in [0, 0.1) is 0 Å². The Hall–Kier alpha value is -3.36. The number of aromatic nitrogens is 4. The molecule has 2 heterocycles. The number of nitrogens with one attached hydrogen (secondary N) is 2. The standard InChI is InChI=1S/C17H19N5O4/c1-24-12-5-3-11(4-6-12)9-14-18-17(21-20-14)19-15(23)8-7-13-10-16(25-2)22-26-13/h3-6,10H,7-9H2,1-2H3,(H2,18,19,20,21,23). The molecular formula is C17H19N5O4. The van der Waals surface area contributed by atoms with Gasteiger partial charge in [0.05, 0.1) is 14.2 Å². The number of carbonyl (C=O) groups is 1. The highest BCUT2D eigenvalue weighted by atomic mass is 16.5. The zero-order chi connectivity index (χ0) is 18.4. The Morgan fingerprint density at radius 1 is 1.23 bits per heavy atom. The Balaban J connectivity index is 1.49. The number of benzene rings is 1. The second-order valence-corrected chi connectivity index (χ2v) is 5.51. The summed E-state index contributed by atoms with van der Waals surface area (Å²) in [6.07, 6.45) is 1.21. The van der Waals surface area contributed by atoms with Crippen molar-refractivity contribution in [2.75, 3.05) is 19.5 Å². The zero-order valence-electron chi connectivity index (χ0n) is 14.5. The van der Waals surface area contributed by atoms with E-state index in [1.165, 1.54) is 7.11 Å². The first-order chi connectivity index (χ1) is 12.7. The van der Waals surface area contributed by atoms with E-state index in [0.29, 0.717) is 30.3 Å². The van der Waals surface area contributed by atoms with Crippen molar-refractivity contribution in [1.82, 2.24) is 20.3 Å². The minimum absolute atomic E-state index is 0.213. The number of methoxy groups -OCH3 is 2. The molecular weight excluding hydrogens is 338 g/mol. The molecule has 0 unspecified atom stereocenters. The van der Waals surface area contributed by atoms with Crippen LogP contribution < -0.4 is 14.8 Å². The second-order valence-electron chi connectivity index (χ2n) is 5.51. The molecule has 0 atom stereocenters. The number of carbonyl (C=O) groups excluding carboxylic acids is 1. The van der Waals surface area contributed by atoms with Crippen molar-refractivity contribution >= 4 is 11.9 Å². The van der Waals surface area contributed by atoms with Gasteiger partial charge in [-0.15, -0.1) is 5.10 Å². The largest absolute Gasteiger partial charge is 0.497 e. The summed E-state index contributed by atoms with van der Waals surface area (Å²) in [4.78, 5) is 16.3. The Bertz CT molecular complexity index is 856. The number of aromatic amines is 1. The van der Waals surface area contributed by atoms with Crippen LogP contribution in [0.25, 0.3) is 0 Å². The summed E-state index contributed by atoms with van der Waals surface area (Å²) in [7, 11) is 3.13. The van der Waals surface area contributed by atoms with Gasteiger partial charge in [-0.05, 0) is 22.9 Å². The predicted octanol–water partition coefficient (Wildman–Crippen LogP) is 1.97. The first-order valence-corrected chi connectivity index (χ1v) is 8.00.